The Morgan fingerprint density at radius 1 is 1.40 bits per heavy atom. The van der Waals surface area contributed by atoms with Gasteiger partial charge < -0.3 is 15.4 Å². The van der Waals surface area contributed by atoms with E-state index in [4.69, 9.17) is 10.5 Å². The van der Waals surface area contributed by atoms with E-state index in [0.717, 1.165) is 42.9 Å². The van der Waals surface area contributed by atoms with Gasteiger partial charge in [0.05, 0.1) is 24.0 Å². The van der Waals surface area contributed by atoms with E-state index in [2.05, 4.69) is 5.10 Å². The lowest BCUT2D eigenvalue weighted by atomic mass is 10.1. The molecule has 112 valence electrons. The van der Waals surface area contributed by atoms with Crippen molar-refractivity contribution in [3.8, 4) is 0 Å². The molecule has 1 aromatic rings. The Morgan fingerprint density at radius 3 is 2.55 bits per heavy atom. The fraction of sp³-hybridized carbons (Fsp3) is 0.714. The van der Waals surface area contributed by atoms with Gasteiger partial charge in [0.15, 0.2) is 0 Å². The van der Waals surface area contributed by atoms with Crippen LogP contribution in [0.5, 0.6) is 0 Å². The summed E-state index contributed by atoms with van der Waals surface area (Å²) in [6, 6.07) is 0. The molecule has 0 atom stereocenters. The molecular weight excluding hydrogens is 256 g/mol. The van der Waals surface area contributed by atoms with Crippen molar-refractivity contribution in [2.45, 2.75) is 32.8 Å². The van der Waals surface area contributed by atoms with Crippen molar-refractivity contribution in [2.24, 2.45) is 12.8 Å². The van der Waals surface area contributed by atoms with Crippen LogP contribution < -0.4 is 5.73 Å². The standard InChI is InChI=1S/C14H24N4O2/c1-10-13(11(2)17(3)16-10)14(19)18-7-4-12(5-8-18)20-9-6-15/h12H,4-9,15H2,1-3H3. The molecule has 1 saturated heterocycles. The van der Waals surface area contributed by atoms with E-state index in [1.165, 1.54) is 0 Å². The molecule has 2 N–H and O–H groups in total. The molecule has 1 fully saturated rings. The van der Waals surface area contributed by atoms with Crippen molar-refractivity contribution in [2.75, 3.05) is 26.2 Å². The number of carbonyl (C=O) groups is 1. The number of nitrogens with zero attached hydrogens (tertiary/aromatic N) is 3. The van der Waals surface area contributed by atoms with E-state index in [9.17, 15) is 4.79 Å². The smallest absolute Gasteiger partial charge is 0.257 e. The molecular formula is C14H24N4O2. The third-order valence-electron chi connectivity index (χ3n) is 3.92. The van der Waals surface area contributed by atoms with Crippen molar-refractivity contribution >= 4 is 5.91 Å². The van der Waals surface area contributed by atoms with Gasteiger partial charge in [0, 0.05) is 32.4 Å². The molecule has 20 heavy (non-hydrogen) atoms. The Kier molecular flexibility index (Phi) is 4.77. The maximum absolute atomic E-state index is 12.6. The normalized spacial score (nSPS) is 16.7. The van der Waals surface area contributed by atoms with Crippen LogP contribution in [0.2, 0.25) is 0 Å². The first-order chi connectivity index (χ1) is 9.54. The first-order valence-electron chi connectivity index (χ1n) is 7.15. The fourth-order valence-electron chi connectivity index (χ4n) is 2.70. The minimum atomic E-state index is 0.0883. The number of carbonyl (C=O) groups excluding carboxylic acids is 1. The molecule has 2 heterocycles. The summed E-state index contributed by atoms with van der Waals surface area (Å²) in [7, 11) is 1.87. The van der Waals surface area contributed by atoms with Crippen molar-refractivity contribution in [1.82, 2.24) is 14.7 Å². The highest BCUT2D eigenvalue weighted by atomic mass is 16.5. The van der Waals surface area contributed by atoms with E-state index < -0.39 is 0 Å². The van der Waals surface area contributed by atoms with Crippen LogP contribution in [-0.2, 0) is 11.8 Å². The number of amides is 1. The highest BCUT2D eigenvalue weighted by Gasteiger charge is 2.27. The summed E-state index contributed by atoms with van der Waals surface area (Å²) in [5.41, 5.74) is 7.91. The number of aromatic nitrogens is 2. The van der Waals surface area contributed by atoms with Crippen molar-refractivity contribution < 1.29 is 9.53 Å². The van der Waals surface area contributed by atoms with Crippen LogP contribution in [0.4, 0.5) is 0 Å². The zero-order valence-corrected chi connectivity index (χ0v) is 12.6. The summed E-state index contributed by atoms with van der Waals surface area (Å²) in [6.07, 6.45) is 1.99. The minimum Gasteiger partial charge on any atom is -0.377 e. The van der Waals surface area contributed by atoms with Crippen LogP contribution in [-0.4, -0.2) is 52.9 Å². The lowest BCUT2D eigenvalue weighted by Gasteiger charge is -2.32. The summed E-state index contributed by atoms with van der Waals surface area (Å²) in [4.78, 5) is 14.5. The highest BCUT2D eigenvalue weighted by molar-refractivity contribution is 5.96. The van der Waals surface area contributed by atoms with Gasteiger partial charge in [-0.2, -0.15) is 5.10 Å². The summed E-state index contributed by atoms with van der Waals surface area (Å²) < 4.78 is 7.40. The number of nitrogens with two attached hydrogens (primary N) is 1. The van der Waals surface area contributed by atoms with Gasteiger partial charge in [-0.15, -0.1) is 0 Å². The number of hydrogen-bond donors (Lipinski definition) is 1. The van der Waals surface area contributed by atoms with Crippen LogP contribution in [0.3, 0.4) is 0 Å². The van der Waals surface area contributed by atoms with Gasteiger partial charge in [-0.3, -0.25) is 9.48 Å². The molecule has 2 rings (SSSR count). The summed E-state index contributed by atoms with van der Waals surface area (Å²) >= 11 is 0. The molecule has 1 aliphatic rings. The predicted octanol–water partition coefficient (Wildman–Crippen LogP) is 0.617. The zero-order valence-electron chi connectivity index (χ0n) is 12.6. The second-order valence-electron chi connectivity index (χ2n) is 5.32. The maximum atomic E-state index is 12.6. The number of aryl methyl sites for hydroxylation is 2. The second kappa shape index (κ2) is 6.37. The van der Waals surface area contributed by atoms with Crippen molar-refractivity contribution in [3.63, 3.8) is 0 Å². The van der Waals surface area contributed by atoms with E-state index in [-0.39, 0.29) is 12.0 Å². The Labute approximate surface area is 119 Å². The molecule has 0 spiro atoms. The molecule has 0 aromatic carbocycles. The number of rotatable bonds is 4. The third kappa shape index (κ3) is 3.02. The van der Waals surface area contributed by atoms with Gasteiger partial charge in [-0.1, -0.05) is 0 Å². The molecule has 0 saturated carbocycles. The summed E-state index contributed by atoms with van der Waals surface area (Å²) in [5.74, 6) is 0.0883. The molecule has 0 bridgehead atoms. The van der Waals surface area contributed by atoms with Gasteiger partial charge in [0.25, 0.3) is 5.91 Å². The number of likely N-dealkylation sites (tertiary alicyclic amines) is 1. The molecule has 6 heteroatoms. The molecule has 0 radical (unpaired) electrons. The van der Waals surface area contributed by atoms with Crippen LogP contribution in [0.25, 0.3) is 0 Å². The molecule has 0 unspecified atom stereocenters. The Hall–Kier alpha value is -1.40. The number of ether oxygens (including phenoxy) is 1. The Balaban J connectivity index is 1.98. The topological polar surface area (TPSA) is 73.4 Å². The van der Waals surface area contributed by atoms with Crippen molar-refractivity contribution in [3.05, 3.63) is 17.0 Å². The quantitative estimate of drug-likeness (QED) is 0.877. The Bertz CT molecular complexity index is 476. The summed E-state index contributed by atoms with van der Waals surface area (Å²) in [5, 5.41) is 4.31. The maximum Gasteiger partial charge on any atom is 0.257 e. The van der Waals surface area contributed by atoms with Crippen LogP contribution >= 0.6 is 0 Å². The predicted molar refractivity (Wildman–Crippen MR) is 76.6 cm³/mol. The highest BCUT2D eigenvalue weighted by Crippen LogP contribution is 2.19. The molecule has 0 aliphatic carbocycles. The SMILES string of the molecule is Cc1nn(C)c(C)c1C(=O)N1CCC(OCCN)CC1. The van der Waals surface area contributed by atoms with Crippen LogP contribution in [0.1, 0.15) is 34.6 Å². The molecule has 1 amide bonds. The van der Waals surface area contributed by atoms with E-state index in [1.807, 2.05) is 25.8 Å². The first-order valence-corrected chi connectivity index (χ1v) is 7.15. The summed E-state index contributed by atoms with van der Waals surface area (Å²) in [6.45, 7) is 6.44. The van der Waals surface area contributed by atoms with Gasteiger partial charge in [0.2, 0.25) is 0 Å². The monoisotopic (exact) mass is 280 g/mol. The lowest BCUT2D eigenvalue weighted by molar-refractivity contribution is 0.0121. The Morgan fingerprint density at radius 2 is 2.05 bits per heavy atom. The van der Waals surface area contributed by atoms with Gasteiger partial charge in [0.1, 0.15) is 0 Å². The molecule has 1 aromatic heterocycles. The molecule has 1 aliphatic heterocycles. The van der Waals surface area contributed by atoms with Crippen LogP contribution in [0, 0.1) is 13.8 Å². The van der Waals surface area contributed by atoms with Crippen molar-refractivity contribution in [1.29, 1.82) is 0 Å². The average molecular weight is 280 g/mol. The number of piperidine rings is 1. The third-order valence-corrected chi connectivity index (χ3v) is 3.92. The number of hydrogen-bond acceptors (Lipinski definition) is 4. The zero-order chi connectivity index (χ0) is 14.7. The van der Waals surface area contributed by atoms with E-state index >= 15 is 0 Å². The average Bonchev–Trinajstić information content (AvgIpc) is 2.70. The largest absolute Gasteiger partial charge is 0.377 e. The fourth-order valence-corrected chi connectivity index (χ4v) is 2.70. The first kappa shape index (κ1) is 15.0. The minimum absolute atomic E-state index is 0.0883. The van der Waals surface area contributed by atoms with Crippen LogP contribution in [0.15, 0.2) is 0 Å². The van der Waals surface area contributed by atoms with E-state index in [0.29, 0.717) is 13.2 Å². The van der Waals surface area contributed by atoms with E-state index in [1.54, 1.807) is 4.68 Å². The second-order valence-corrected chi connectivity index (χ2v) is 5.32. The molecule has 6 nitrogen and oxygen atoms in total. The van der Waals surface area contributed by atoms with Gasteiger partial charge in [-0.25, -0.2) is 0 Å². The van der Waals surface area contributed by atoms with Gasteiger partial charge in [-0.05, 0) is 26.7 Å². The van der Waals surface area contributed by atoms with Gasteiger partial charge >= 0.3 is 0 Å². The lowest BCUT2D eigenvalue weighted by Crippen LogP contribution is -2.41.